The summed E-state index contributed by atoms with van der Waals surface area (Å²) in [4.78, 5) is 3.97. The summed E-state index contributed by atoms with van der Waals surface area (Å²) in [7, 11) is 11.5. The van der Waals surface area contributed by atoms with Crippen molar-refractivity contribution in [2.45, 2.75) is 38.0 Å². The van der Waals surface area contributed by atoms with Gasteiger partial charge in [-0.25, -0.2) is 0 Å². The third-order valence-electron chi connectivity index (χ3n) is 3.41. The van der Waals surface area contributed by atoms with Crippen LogP contribution in [-0.4, -0.2) is 18.4 Å². The van der Waals surface area contributed by atoms with E-state index in [1.807, 2.05) is 12.1 Å². The molecule has 1 aromatic carbocycles. The Balaban J connectivity index is 0.000000550. The third kappa shape index (κ3) is 5.47. The van der Waals surface area contributed by atoms with E-state index in [2.05, 4.69) is 11.1 Å². The molecular weight excluding hydrogens is 317 g/mol. The van der Waals surface area contributed by atoms with E-state index in [1.165, 1.54) is 32.1 Å². The number of halogens is 2. The molecule has 1 fully saturated rings. The zero-order chi connectivity index (χ0) is 14.1. The van der Waals surface area contributed by atoms with Gasteiger partial charge in [-0.2, -0.15) is 0 Å². The van der Waals surface area contributed by atoms with E-state index in [-0.39, 0.29) is 0 Å². The Kier molecular flexibility index (Phi) is 8.81. The number of para-hydroxylation sites is 1. The Labute approximate surface area is 131 Å². The Morgan fingerprint density at radius 1 is 1.26 bits per heavy atom. The third-order valence-corrected chi connectivity index (χ3v) is 3.41. The first-order valence-electron chi connectivity index (χ1n) is 6.44. The van der Waals surface area contributed by atoms with Gasteiger partial charge in [-0.3, -0.25) is 4.99 Å². The summed E-state index contributed by atoms with van der Waals surface area (Å²) in [6.45, 7) is 0. The minimum atomic E-state index is -0.556. The van der Waals surface area contributed by atoms with Crippen LogP contribution in [0.15, 0.2) is 23.2 Å². The topological polar surface area (TPSA) is 32.6 Å². The van der Waals surface area contributed by atoms with Crippen LogP contribution in [0.25, 0.3) is 0 Å². The van der Waals surface area contributed by atoms with Gasteiger partial charge in [0.05, 0.1) is 0 Å². The molecule has 1 saturated carbocycles. The second-order valence-corrected chi connectivity index (χ2v) is 7.16. The van der Waals surface area contributed by atoms with Crippen molar-refractivity contribution in [1.29, 1.82) is 0 Å². The first kappa shape index (κ1) is 17.0. The molecule has 0 amide bonds. The van der Waals surface area contributed by atoms with Gasteiger partial charge in [0.2, 0.25) is 0 Å². The average Bonchev–Trinajstić information content (AvgIpc) is 2.43. The minimum absolute atomic E-state index is 0.431. The van der Waals surface area contributed by atoms with Gasteiger partial charge in [0.25, 0.3) is 0 Å². The fourth-order valence-corrected chi connectivity index (χ4v) is 2.57. The van der Waals surface area contributed by atoms with Crippen LogP contribution in [0.4, 0.5) is 0 Å². The summed E-state index contributed by atoms with van der Waals surface area (Å²) in [5, 5.41) is 10.2. The van der Waals surface area contributed by atoms with Crippen LogP contribution in [0.5, 0.6) is 5.75 Å². The standard InChI is InChI=1S/C14H19NO.2ClH.Ti/c1-15-10-12-8-5-9-13(14(12)16)11-6-3-2-4-7-11;;;/h5,8-11,16H,2-4,6-7H2,1H3;2*1H;/q;;;+2/p-2. The molecule has 0 bridgehead atoms. The quantitative estimate of drug-likeness (QED) is 0.607. The molecule has 1 aromatic rings. The molecule has 19 heavy (non-hydrogen) atoms. The van der Waals surface area contributed by atoms with Crippen LogP contribution in [0.3, 0.4) is 0 Å². The zero-order valence-electron chi connectivity index (χ0n) is 11.1. The number of phenolic OH excluding ortho intramolecular Hbond substituents is 1. The van der Waals surface area contributed by atoms with Crippen molar-refractivity contribution >= 4 is 24.8 Å². The molecule has 0 atom stereocenters. The SMILES string of the molecule is CN=Cc1cccc(C2CCCCC2)c1O.[Cl][Ti][Cl]. The van der Waals surface area contributed by atoms with Gasteiger partial charge >= 0.3 is 35.6 Å². The normalized spacial score (nSPS) is 15.9. The van der Waals surface area contributed by atoms with Gasteiger partial charge in [0.1, 0.15) is 5.75 Å². The van der Waals surface area contributed by atoms with Gasteiger partial charge in [0.15, 0.2) is 0 Å². The number of phenols is 1. The maximum absolute atomic E-state index is 10.2. The van der Waals surface area contributed by atoms with Gasteiger partial charge in [0, 0.05) is 18.8 Å². The zero-order valence-corrected chi connectivity index (χ0v) is 14.1. The monoisotopic (exact) mass is 335 g/mol. The van der Waals surface area contributed by atoms with Crippen LogP contribution in [0.2, 0.25) is 0 Å². The average molecular weight is 336 g/mol. The van der Waals surface area contributed by atoms with Crippen molar-refractivity contribution < 1.29 is 22.1 Å². The van der Waals surface area contributed by atoms with Crippen molar-refractivity contribution in [2.24, 2.45) is 4.99 Å². The number of hydrogen-bond donors (Lipinski definition) is 1. The van der Waals surface area contributed by atoms with Crippen molar-refractivity contribution in [1.82, 2.24) is 0 Å². The van der Waals surface area contributed by atoms with Gasteiger partial charge in [-0.05, 0) is 30.4 Å². The summed E-state index contributed by atoms with van der Waals surface area (Å²) in [6.07, 6.45) is 8.06. The molecule has 5 heteroatoms. The molecular formula is C14H19Cl2NOTi. The van der Waals surface area contributed by atoms with Gasteiger partial charge in [-0.15, -0.1) is 0 Å². The van der Waals surface area contributed by atoms with E-state index in [1.54, 1.807) is 13.3 Å². The fraction of sp³-hybridized carbons (Fsp3) is 0.500. The molecule has 1 aliphatic rings. The number of nitrogens with zero attached hydrogens (tertiary/aromatic N) is 1. The summed E-state index contributed by atoms with van der Waals surface area (Å²) in [5.74, 6) is 0.971. The number of aliphatic imine (C=N–C) groups is 1. The first-order valence-corrected chi connectivity index (χ1v) is 10.7. The molecule has 0 unspecified atom stereocenters. The second-order valence-electron chi connectivity index (χ2n) is 4.58. The fourth-order valence-electron chi connectivity index (χ4n) is 2.57. The Bertz CT molecular complexity index is 406. The molecule has 0 heterocycles. The molecule has 2 nitrogen and oxygen atoms in total. The Morgan fingerprint density at radius 2 is 1.89 bits per heavy atom. The maximum atomic E-state index is 10.2. The predicted octanol–water partition coefficient (Wildman–Crippen LogP) is 4.87. The van der Waals surface area contributed by atoms with E-state index >= 15 is 0 Å². The van der Waals surface area contributed by atoms with Crippen LogP contribution in [0.1, 0.15) is 49.1 Å². The van der Waals surface area contributed by atoms with Crippen molar-refractivity contribution in [2.75, 3.05) is 7.05 Å². The van der Waals surface area contributed by atoms with Crippen molar-refractivity contribution in [3.8, 4) is 5.75 Å². The molecule has 0 spiro atoms. The molecule has 1 aliphatic carbocycles. The van der Waals surface area contributed by atoms with Crippen molar-refractivity contribution in [3.63, 3.8) is 0 Å². The molecule has 0 radical (unpaired) electrons. The van der Waals surface area contributed by atoms with E-state index in [4.69, 9.17) is 18.6 Å². The van der Waals surface area contributed by atoms with Crippen LogP contribution >= 0.6 is 18.6 Å². The summed E-state index contributed by atoms with van der Waals surface area (Å²) >= 11 is -0.556. The van der Waals surface area contributed by atoms with E-state index in [0.29, 0.717) is 11.7 Å². The number of hydrogen-bond acceptors (Lipinski definition) is 2. The number of aromatic hydroxyl groups is 1. The molecule has 2 rings (SSSR count). The van der Waals surface area contributed by atoms with Crippen LogP contribution < -0.4 is 0 Å². The summed E-state index contributed by atoms with van der Waals surface area (Å²) < 4.78 is 0. The van der Waals surface area contributed by atoms with Gasteiger partial charge < -0.3 is 5.11 Å². The number of benzene rings is 1. The Morgan fingerprint density at radius 3 is 2.47 bits per heavy atom. The first-order chi connectivity index (χ1) is 9.24. The summed E-state index contributed by atoms with van der Waals surface area (Å²) in [6, 6.07) is 5.98. The van der Waals surface area contributed by atoms with E-state index < -0.39 is 17.0 Å². The van der Waals surface area contributed by atoms with Crippen LogP contribution in [-0.2, 0) is 17.0 Å². The Hall–Kier alpha value is -0.0157. The molecule has 0 saturated heterocycles. The molecule has 0 aromatic heterocycles. The summed E-state index contributed by atoms with van der Waals surface area (Å²) in [5.41, 5.74) is 1.95. The van der Waals surface area contributed by atoms with Crippen LogP contribution in [0, 0.1) is 0 Å². The molecule has 1 N–H and O–H groups in total. The number of rotatable bonds is 2. The van der Waals surface area contributed by atoms with Gasteiger partial charge in [-0.1, -0.05) is 31.4 Å². The van der Waals surface area contributed by atoms with Crippen molar-refractivity contribution in [3.05, 3.63) is 29.3 Å². The second kappa shape index (κ2) is 9.82. The van der Waals surface area contributed by atoms with E-state index in [9.17, 15) is 5.11 Å². The molecule has 104 valence electrons. The molecule has 0 aliphatic heterocycles. The predicted molar refractivity (Wildman–Crippen MR) is 79.2 cm³/mol. The van der Waals surface area contributed by atoms with E-state index in [0.717, 1.165) is 11.1 Å².